The van der Waals surface area contributed by atoms with Gasteiger partial charge in [0.15, 0.2) is 5.78 Å². The number of carbonyl (C=O) groups excluding carboxylic acids is 1. The fourth-order valence-electron chi connectivity index (χ4n) is 2.91. The number of thiophene rings is 1. The average Bonchev–Trinajstić information content (AvgIpc) is 2.95. The zero-order chi connectivity index (χ0) is 14.8. The SMILES string of the molecule is CCN(CC)C(C)(CC)C(=O)c1cccc2ccsc12. The summed E-state index contributed by atoms with van der Waals surface area (Å²) >= 11 is 1.66. The minimum absolute atomic E-state index is 0.247. The number of likely N-dealkylation sites (N-methyl/N-ethyl adjacent to an activating group) is 1. The average molecular weight is 289 g/mol. The van der Waals surface area contributed by atoms with Gasteiger partial charge in [-0.25, -0.2) is 0 Å². The van der Waals surface area contributed by atoms with Crippen molar-refractivity contribution in [3.63, 3.8) is 0 Å². The van der Waals surface area contributed by atoms with E-state index in [1.807, 2.05) is 12.1 Å². The zero-order valence-electron chi connectivity index (χ0n) is 12.8. The molecule has 0 aliphatic carbocycles. The lowest BCUT2D eigenvalue weighted by Gasteiger charge is -2.38. The number of ketones is 1. The van der Waals surface area contributed by atoms with Crippen molar-refractivity contribution >= 4 is 27.2 Å². The van der Waals surface area contributed by atoms with E-state index in [4.69, 9.17) is 0 Å². The van der Waals surface area contributed by atoms with Crippen LogP contribution in [-0.2, 0) is 0 Å². The topological polar surface area (TPSA) is 20.3 Å². The second-order valence-electron chi connectivity index (χ2n) is 5.27. The van der Waals surface area contributed by atoms with Gasteiger partial charge in [0, 0.05) is 10.3 Å². The summed E-state index contributed by atoms with van der Waals surface area (Å²) in [7, 11) is 0. The molecule has 1 atom stereocenters. The maximum atomic E-state index is 13.1. The number of benzene rings is 1. The largest absolute Gasteiger partial charge is 0.292 e. The predicted molar refractivity (Wildman–Crippen MR) is 87.8 cm³/mol. The standard InChI is InChI=1S/C17H23NOS/c1-5-17(4,18(6-2)7-3)16(19)14-10-8-9-13-11-12-20-15(13)14/h8-12H,5-7H2,1-4H3. The number of hydrogen-bond acceptors (Lipinski definition) is 3. The Morgan fingerprint density at radius 2 is 1.90 bits per heavy atom. The molecule has 2 nitrogen and oxygen atoms in total. The Bertz CT molecular complexity index is 600. The lowest BCUT2D eigenvalue weighted by atomic mass is 9.86. The van der Waals surface area contributed by atoms with Crippen LogP contribution in [0, 0.1) is 0 Å². The summed E-state index contributed by atoms with van der Waals surface area (Å²) in [5.41, 5.74) is 0.454. The fraction of sp³-hybridized carbons (Fsp3) is 0.471. The first-order valence-corrected chi connectivity index (χ1v) is 8.22. The molecular weight excluding hydrogens is 266 g/mol. The van der Waals surface area contributed by atoms with E-state index in [0.717, 1.165) is 29.8 Å². The second-order valence-corrected chi connectivity index (χ2v) is 6.19. The molecule has 1 unspecified atom stereocenters. The molecule has 0 bridgehead atoms. The van der Waals surface area contributed by atoms with Gasteiger partial charge in [-0.05, 0) is 49.3 Å². The van der Waals surface area contributed by atoms with Crippen LogP contribution < -0.4 is 0 Å². The molecule has 0 amide bonds. The van der Waals surface area contributed by atoms with Crippen LogP contribution in [0.2, 0.25) is 0 Å². The van der Waals surface area contributed by atoms with E-state index in [0.29, 0.717) is 0 Å². The van der Waals surface area contributed by atoms with Crippen molar-refractivity contribution in [3.8, 4) is 0 Å². The molecule has 1 aromatic carbocycles. The Kier molecular flexibility index (Phi) is 4.61. The highest BCUT2D eigenvalue weighted by molar-refractivity contribution is 7.17. The molecule has 20 heavy (non-hydrogen) atoms. The highest BCUT2D eigenvalue weighted by atomic mass is 32.1. The van der Waals surface area contributed by atoms with Crippen molar-refractivity contribution < 1.29 is 4.79 Å². The lowest BCUT2D eigenvalue weighted by Crippen LogP contribution is -2.51. The summed E-state index contributed by atoms with van der Waals surface area (Å²) in [4.78, 5) is 15.4. The molecule has 3 heteroatoms. The van der Waals surface area contributed by atoms with Gasteiger partial charge in [0.05, 0.1) is 5.54 Å². The number of fused-ring (bicyclic) bond motifs is 1. The van der Waals surface area contributed by atoms with Crippen LogP contribution in [0.4, 0.5) is 0 Å². The molecule has 0 aliphatic heterocycles. The number of Topliss-reactive ketones (excluding diaryl/α,β-unsaturated/α-hetero) is 1. The summed E-state index contributed by atoms with van der Waals surface area (Å²) in [6.07, 6.45) is 0.829. The Morgan fingerprint density at radius 3 is 2.50 bits per heavy atom. The van der Waals surface area contributed by atoms with Crippen molar-refractivity contribution in [2.75, 3.05) is 13.1 Å². The molecule has 1 heterocycles. The molecule has 1 aromatic heterocycles. The maximum absolute atomic E-state index is 13.1. The first-order valence-electron chi connectivity index (χ1n) is 7.34. The normalized spacial score (nSPS) is 14.7. The molecule has 0 saturated heterocycles. The third kappa shape index (κ3) is 2.40. The molecule has 0 saturated carbocycles. The number of rotatable bonds is 6. The number of carbonyl (C=O) groups is 1. The van der Waals surface area contributed by atoms with Crippen LogP contribution in [0.3, 0.4) is 0 Å². The first kappa shape index (κ1) is 15.2. The van der Waals surface area contributed by atoms with Gasteiger partial charge in [-0.15, -0.1) is 11.3 Å². The Morgan fingerprint density at radius 1 is 1.20 bits per heavy atom. The van der Waals surface area contributed by atoms with Crippen LogP contribution in [0.25, 0.3) is 10.1 Å². The predicted octanol–water partition coefficient (Wildman–Crippen LogP) is 4.59. The molecule has 2 rings (SSSR count). The molecule has 0 N–H and O–H groups in total. The van der Waals surface area contributed by atoms with Crippen LogP contribution in [0.15, 0.2) is 29.6 Å². The van der Waals surface area contributed by atoms with Crippen molar-refractivity contribution in [1.29, 1.82) is 0 Å². The van der Waals surface area contributed by atoms with Gasteiger partial charge in [0.2, 0.25) is 0 Å². The Hall–Kier alpha value is -1.19. The van der Waals surface area contributed by atoms with Gasteiger partial charge in [-0.2, -0.15) is 0 Å². The van der Waals surface area contributed by atoms with E-state index in [1.165, 1.54) is 5.39 Å². The van der Waals surface area contributed by atoms with E-state index in [9.17, 15) is 4.79 Å². The molecule has 2 aromatic rings. The van der Waals surface area contributed by atoms with Crippen molar-refractivity contribution in [3.05, 3.63) is 35.2 Å². The van der Waals surface area contributed by atoms with Gasteiger partial charge < -0.3 is 0 Å². The van der Waals surface area contributed by atoms with Crippen LogP contribution in [0.1, 0.15) is 44.5 Å². The molecule has 108 valence electrons. The minimum atomic E-state index is -0.415. The van der Waals surface area contributed by atoms with Gasteiger partial charge in [0.1, 0.15) is 0 Å². The van der Waals surface area contributed by atoms with E-state index < -0.39 is 5.54 Å². The van der Waals surface area contributed by atoms with E-state index in [-0.39, 0.29) is 5.78 Å². The second kappa shape index (κ2) is 6.06. The summed E-state index contributed by atoms with van der Waals surface area (Å²) in [5.74, 6) is 0.247. The van der Waals surface area contributed by atoms with Gasteiger partial charge in [-0.3, -0.25) is 9.69 Å². The lowest BCUT2D eigenvalue weighted by molar-refractivity contribution is 0.0610. The first-order chi connectivity index (χ1) is 9.58. The van der Waals surface area contributed by atoms with Gasteiger partial charge in [-0.1, -0.05) is 32.9 Å². The van der Waals surface area contributed by atoms with Crippen LogP contribution >= 0.6 is 11.3 Å². The third-order valence-corrected chi connectivity index (χ3v) is 5.33. The fourth-order valence-corrected chi connectivity index (χ4v) is 3.82. The van der Waals surface area contributed by atoms with Crippen LogP contribution in [0.5, 0.6) is 0 Å². The number of nitrogens with zero attached hydrogens (tertiary/aromatic N) is 1. The van der Waals surface area contributed by atoms with Crippen LogP contribution in [-0.4, -0.2) is 29.3 Å². The van der Waals surface area contributed by atoms with Gasteiger partial charge in [0.25, 0.3) is 0 Å². The van der Waals surface area contributed by atoms with Crippen molar-refractivity contribution in [1.82, 2.24) is 4.90 Å². The van der Waals surface area contributed by atoms with Gasteiger partial charge >= 0.3 is 0 Å². The maximum Gasteiger partial charge on any atom is 0.184 e. The highest BCUT2D eigenvalue weighted by Gasteiger charge is 2.37. The van der Waals surface area contributed by atoms with Crippen molar-refractivity contribution in [2.24, 2.45) is 0 Å². The molecule has 0 spiro atoms. The zero-order valence-corrected chi connectivity index (χ0v) is 13.6. The Labute approximate surface area is 125 Å². The summed E-state index contributed by atoms with van der Waals surface area (Å²) in [5, 5.41) is 3.22. The minimum Gasteiger partial charge on any atom is -0.292 e. The molecule has 0 radical (unpaired) electrons. The quantitative estimate of drug-likeness (QED) is 0.725. The molecular formula is C17H23NOS. The summed E-state index contributed by atoms with van der Waals surface area (Å²) in [6.45, 7) is 10.2. The number of hydrogen-bond donors (Lipinski definition) is 0. The van der Waals surface area contributed by atoms with Crippen molar-refractivity contribution in [2.45, 2.75) is 39.7 Å². The summed E-state index contributed by atoms with van der Waals surface area (Å²) < 4.78 is 1.12. The third-order valence-electron chi connectivity index (χ3n) is 4.36. The molecule has 0 fully saturated rings. The highest BCUT2D eigenvalue weighted by Crippen LogP contribution is 2.31. The van der Waals surface area contributed by atoms with E-state index >= 15 is 0 Å². The van der Waals surface area contributed by atoms with E-state index in [2.05, 4.69) is 50.1 Å². The van der Waals surface area contributed by atoms with E-state index in [1.54, 1.807) is 11.3 Å². The molecule has 0 aliphatic rings. The Balaban J connectivity index is 2.50. The smallest absolute Gasteiger partial charge is 0.184 e. The monoisotopic (exact) mass is 289 g/mol. The summed E-state index contributed by atoms with van der Waals surface area (Å²) in [6, 6.07) is 8.11.